The quantitative estimate of drug-likeness (QED) is 0.631. The van der Waals surface area contributed by atoms with Crippen LogP contribution in [0.15, 0.2) is 9.52 Å². The summed E-state index contributed by atoms with van der Waals surface area (Å²) in [5.41, 5.74) is 5.22. The molecule has 1 radical (unpaired) electrons. The SMILES string of the molecule is CC1=N[CH]ON1c1noc(N)n1. The summed E-state index contributed by atoms with van der Waals surface area (Å²) in [6.07, 6.45) is 0. The van der Waals surface area contributed by atoms with Crippen LogP contribution >= 0.6 is 0 Å². The summed E-state index contributed by atoms with van der Waals surface area (Å²) in [7, 11) is 0. The van der Waals surface area contributed by atoms with Gasteiger partial charge in [-0.05, 0) is 12.1 Å². The van der Waals surface area contributed by atoms with Crippen LogP contribution in [0.1, 0.15) is 6.92 Å². The molecule has 2 heterocycles. The molecule has 7 nitrogen and oxygen atoms in total. The molecule has 0 amide bonds. The summed E-state index contributed by atoms with van der Waals surface area (Å²) < 4.78 is 4.55. The van der Waals surface area contributed by atoms with Crippen molar-refractivity contribution in [2.75, 3.05) is 10.8 Å². The fraction of sp³-hybridized carbons (Fsp3) is 0.200. The van der Waals surface area contributed by atoms with Gasteiger partial charge in [0.1, 0.15) is 5.84 Å². The molecule has 0 atom stereocenters. The van der Waals surface area contributed by atoms with E-state index in [1.54, 1.807) is 6.92 Å². The second-order valence-electron chi connectivity index (χ2n) is 2.11. The molecule has 0 saturated carbocycles. The molecule has 1 aliphatic heterocycles. The lowest BCUT2D eigenvalue weighted by molar-refractivity contribution is 0.224. The molecule has 7 heteroatoms. The van der Waals surface area contributed by atoms with Crippen molar-refractivity contribution in [1.29, 1.82) is 0 Å². The van der Waals surface area contributed by atoms with Crippen LogP contribution in [-0.4, -0.2) is 16.0 Å². The Balaban J connectivity index is 2.26. The van der Waals surface area contributed by atoms with Crippen molar-refractivity contribution in [2.24, 2.45) is 4.99 Å². The van der Waals surface area contributed by atoms with E-state index < -0.39 is 0 Å². The minimum atomic E-state index is -0.00620. The molecule has 0 aliphatic carbocycles. The zero-order valence-corrected chi connectivity index (χ0v) is 6.26. The summed E-state index contributed by atoms with van der Waals surface area (Å²) in [4.78, 5) is 12.5. The second-order valence-corrected chi connectivity index (χ2v) is 2.11. The van der Waals surface area contributed by atoms with Crippen molar-refractivity contribution in [3.63, 3.8) is 0 Å². The minimum absolute atomic E-state index is 0.00620. The number of rotatable bonds is 1. The summed E-state index contributed by atoms with van der Waals surface area (Å²) in [5, 5.41) is 4.84. The molecule has 0 fully saturated rings. The number of hydroxylamine groups is 1. The normalized spacial score (nSPS) is 16.8. The smallest absolute Gasteiger partial charge is 0.320 e. The Hall–Kier alpha value is -1.63. The Labute approximate surface area is 67.8 Å². The molecular weight excluding hydrogens is 162 g/mol. The summed E-state index contributed by atoms with van der Waals surface area (Å²) in [6, 6.07) is -0.00620. The van der Waals surface area contributed by atoms with Gasteiger partial charge in [-0.3, -0.25) is 0 Å². The molecule has 2 N–H and O–H groups in total. The van der Waals surface area contributed by atoms with Crippen LogP contribution < -0.4 is 10.8 Å². The first-order valence-electron chi connectivity index (χ1n) is 3.19. The molecular formula is C5H6N5O2. The molecule has 0 spiro atoms. The molecule has 1 aliphatic rings. The van der Waals surface area contributed by atoms with E-state index >= 15 is 0 Å². The highest BCUT2D eigenvalue weighted by atomic mass is 16.7. The van der Waals surface area contributed by atoms with Gasteiger partial charge in [-0.15, -0.1) is 0 Å². The van der Waals surface area contributed by atoms with Crippen molar-refractivity contribution >= 4 is 17.8 Å². The number of hydrogen-bond donors (Lipinski definition) is 1. The number of nitrogen functional groups attached to an aromatic ring is 1. The van der Waals surface area contributed by atoms with Crippen LogP contribution in [-0.2, 0) is 4.84 Å². The molecule has 12 heavy (non-hydrogen) atoms. The van der Waals surface area contributed by atoms with Gasteiger partial charge in [0.05, 0.1) is 0 Å². The average Bonchev–Trinajstić information content (AvgIpc) is 2.58. The van der Waals surface area contributed by atoms with Gasteiger partial charge in [0.15, 0.2) is 0 Å². The second kappa shape index (κ2) is 2.45. The topological polar surface area (TPSA) is 89.8 Å². The molecule has 63 valence electrons. The number of hydrogen-bond acceptors (Lipinski definition) is 7. The maximum atomic E-state index is 5.22. The zero-order chi connectivity index (χ0) is 8.55. The van der Waals surface area contributed by atoms with E-state index in [9.17, 15) is 0 Å². The molecule has 0 saturated heterocycles. The van der Waals surface area contributed by atoms with Crippen LogP contribution in [0, 0.1) is 6.73 Å². The molecule has 1 aromatic heterocycles. The summed E-state index contributed by atoms with van der Waals surface area (Å²) in [6.45, 7) is 3.03. The van der Waals surface area contributed by atoms with Crippen molar-refractivity contribution < 1.29 is 9.36 Å². The van der Waals surface area contributed by atoms with Gasteiger partial charge < -0.3 is 10.3 Å². The van der Waals surface area contributed by atoms with E-state index in [2.05, 4.69) is 19.7 Å². The number of aliphatic imine (C=N–C) groups is 1. The van der Waals surface area contributed by atoms with Gasteiger partial charge in [-0.2, -0.15) is 10.0 Å². The van der Waals surface area contributed by atoms with Crippen molar-refractivity contribution in [3.8, 4) is 0 Å². The van der Waals surface area contributed by atoms with Crippen molar-refractivity contribution in [3.05, 3.63) is 6.73 Å². The summed E-state index contributed by atoms with van der Waals surface area (Å²) >= 11 is 0. The number of aromatic nitrogens is 2. The van der Waals surface area contributed by atoms with Gasteiger partial charge in [-0.25, -0.2) is 9.83 Å². The van der Waals surface area contributed by atoms with Gasteiger partial charge in [0.2, 0.25) is 6.73 Å². The van der Waals surface area contributed by atoms with E-state index in [0.717, 1.165) is 0 Å². The lowest BCUT2D eigenvalue weighted by Crippen LogP contribution is -2.23. The van der Waals surface area contributed by atoms with Gasteiger partial charge in [0.25, 0.3) is 5.95 Å². The fourth-order valence-corrected chi connectivity index (χ4v) is 0.777. The van der Waals surface area contributed by atoms with Gasteiger partial charge in [-0.1, -0.05) is 0 Å². The molecule has 0 unspecified atom stereocenters. The largest absolute Gasteiger partial charge is 0.351 e. The van der Waals surface area contributed by atoms with Crippen LogP contribution in [0.25, 0.3) is 0 Å². The average molecular weight is 168 g/mol. The standard InChI is InChI=1S/C5H6N5O2/c1-3-7-2-11-10(3)5-8-4(6)12-9-5/h2H,1H3,(H2,6,8,9). The fourth-order valence-electron chi connectivity index (χ4n) is 0.777. The maximum absolute atomic E-state index is 5.22. The Morgan fingerprint density at radius 3 is 2.92 bits per heavy atom. The molecule has 2 rings (SSSR count). The highest BCUT2D eigenvalue weighted by Crippen LogP contribution is 2.16. The first-order valence-corrected chi connectivity index (χ1v) is 3.19. The molecule has 0 aromatic carbocycles. The monoisotopic (exact) mass is 168 g/mol. The number of amidine groups is 1. The van der Waals surface area contributed by atoms with E-state index in [1.807, 2.05) is 0 Å². The molecule has 1 aromatic rings. The Morgan fingerprint density at radius 2 is 2.42 bits per heavy atom. The first kappa shape index (κ1) is 7.04. The van der Waals surface area contributed by atoms with Gasteiger partial charge in [0, 0.05) is 0 Å². The third kappa shape index (κ3) is 0.996. The van der Waals surface area contributed by atoms with E-state index in [0.29, 0.717) is 5.84 Å². The van der Waals surface area contributed by atoms with E-state index in [1.165, 1.54) is 11.8 Å². The summed E-state index contributed by atoms with van der Waals surface area (Å²) in [5.74, 6) is 0.860. The van der Waals surface area contributed by atoms with Crippen molar-refractivity contribution in [1.82, 2.24) is 10.1 Å². The van der Waals surface area contributed by atoms with E-state index in [-0.39, 0.29) is 12.0 Å². The third-order valence-corrected chi connectivity index (χ3v) is 1.30. The van der Waals surface area contributed by atoms with Crippen LogP contribution in [0.3, 0.4) is 0 Å². The highest BCUT2D eigenvalue weighted by Gasteiger charge is 2.21. The lowest BCUT2D eigenvalue weighted by Gasteiger charge is -2.08. The predicted molar refractivity (Wildman–Crippen MR) is 39.7 cm³/mol. The molecule has 0 bridgehead atoms. The Morgan fingerprint density at radius 1 is 1.58 bits per heavy atom. The highest BCUT2D eigenvalue weighted by molar-refractivity contribution is 5.93. The van der Waals surface area contributed by atoms with Crippen LogP contribution in [0.2, 0.25) is 0 Å². The first-order chi connectivity index (χ1) is 5.77. The van der Waals surface area contributed by atoms with E-state index in [4.69, 9.17) is 10.6 Å². The van der Waals surface area contributed by atoms with Crippen molar-refractivity contribution in [2.45, 2.75) is 6.92 Å². The third-order valence-electron chi connectivity index (χ3n) is 1.30. The number of anilines is 2. The Bertz CT molecular complexity index is 319. The number of nitrogens with zero attached hydrogens (tertiary/aromatic N) is 4. The number of nitrogens with two attached hydrogens (primary N) is 1. The Kier molecular flexibility index (Phi) is 1.44. The lowest BCUT2D eigenvalue weighted by atomic mass is 10.6. The zero-order valence-electron chi connectivity index (χ0n) is 6.26. The maximum Gasteiger partial charge on any atom is 0.320 e. The van der Waals surface area contributed by atoms with Crippen LogP contribution in [0.4, 0.5) is 12.0 Å². The predicted octanol–water partition coefficient (Wildman–Crippen LogP) is -0.0589. The minimum Gasteiger partial charge on any atom is -0.351 e. The van der Waals surface area contributed by atoms with Crippen LogP contribution in [0.5, 0.6) is 0 Å². The van der Waals surface area contributed by atoms with Gasteiger partial charge >= 0.3 is 6.01 Å².